The number of hydrogen-bond acceptors (Lipinski definition) is 7. The Balaban J connectivity index is 2.47. The molecule has 4 N–H and O–H groups in total. The molecule has 0 saturated carbocycles. The summed E-state index contributed by atoms with van der Waals surface area (Å²) in [5, 5.41) is 11.9. The van der Waals surface area contributed by atoms with E-state index in [-0.39, 0.29) is 25.2 Å². The molecule has 0 aliphatic rings. The molecular weight excluding hydrogens is 402 g/mol. The van der Waals surface area contributed by atoms with Crippen LogP contribution in [0.3, 0.4) is 0 Å². The van der Waals surface area contributed by atoms with Gasteiger partial charge in [-0.15, -0.1) is 11.3 Å². The molecule has 2 aromatic rings. The number of nitrogens with zero attached hydrogens (tertiary/aromatic N) is 1. The summed E-state index contributed by atoms with van der Waals surface area (Å²) >= 11 is 0.672. The van der Waals surface area contributed by atoms with E-state index in [1.54, 1.807) is 6.07 Å². The van der Waals surface area contributed by atoms with Gasteiger partial charge in [-0.3, -0.25) is 9.59 Å². The molecule has 0 saturated heterocycles. The number of hydrogen-bond donors (Lipinski definition) is 3. The summed E-state index contributed by atoms with van der Waals surface area (Å²) in [4.78, 5) is 27.7. The number of thiophene rings is 1. The molecule has 0 bridgehead atoms. The van der Waals surface area contributed by atoms with E-state index < -0.39 is 27.3 Å². The highest BCUT2D eigenvalue weighted by Crippen LogP contribution is 2.35. The molecule has 2 amide bonds. The zero-order chi connectivity index (χ0) is 21.5. The maximum Gasteiger partial charge on any atom is 0.256 e. The third-order valence-electron chi connectivity index (χ3n) is 3.90. The lowest BCUT2D eigenvalue weighted by atomic mass is 9.88. The largest absolute Gasteiger partial charge is 0.381 e. The molecule has 0 fully saturated rings. The van der Waals surface area contributed by atoms with Gasteiger partial charge in [-0.2, -0.15) is 0 Å². The van der Waals surface area contributed by atoms with Gasteiger partial charge in [0.15, 0.2) is 5.03 Å². The van der Waals surface area contributed by atoms with Gasteiger partial charge in [0.25, 0.3) is 11.8 Å². The number of carbonyl (C=O) groups is 2. The molecule has 0 aliphatic heterocycles. The van der Waals surface area contributed by atoms with E-state index in [1.807, 2.05) is 20.8 Å². The molecule has 2 aromatic heterocycles. The monoisotopic (exact) mass is 425 g/mol. The lowest BCUT2D eigenvalue weighted by Gasteiger charge is -2.18. The van der Waals surface area contributed by atoms with Crippen LogP contribution in [0, 0.1) is 0 Å². The van der Waals surface area contributed by atoms with Crippen LogP contribution in [0.15, 0.2) is 33.6 Å². The third kappa shape index (κ3) is 4.57. The highest BCUT2D eigenvalue weighted by Gasteiger charge is 2.30. The standard InChI is InChI=1S/C18H23N3O5S2/c1-17(2,3)10-6-7-12(20-9-10)28(25,26)13-8-11(14(19)22)15(27-13)21-16(23)18(4,5)24/h6-9,24H,1-5H3,(H2,19,22)(H,21,23). The van der Waals surface area contributed by atoms with Crippen LogP contribution in [0.4, 0.5) is 5.00 Å². The number of amides is 2. The molecule has 28 heavy (non-hydrogen) atoms. The summed E-state index contributed by atoms with van der Waals surface area (Å²) < 4.78 is 25.6. The van der Waals surface area contributed by atoms with Crippen LogP contribution in [0.5, 0.6) is 0 Å². The maximum atomic E-state index is 12.9. The molecule has 0 radical (unpaired) electrons. The Labute approximate surface area is 167 Å². The topological polar surface area (TPSA) is 139 Å². The normalized spacial score (nSPS) is 12.6. The van der Waals surface area contributed by atoms with Crippen molar-refractivity contribution in [2.75, 3.05) is 5.32 Å². The van der Waals surface area contributed by atoms with Crippen molar-refractivity contribution in [1.29, 1.82) is 0 Å². The first-order chi connectivity index (χ1) is 12.6. The van der Waals surface area contributed by atoms with Crippen molar-refractivity contribution in [3.8, 4) is 0 Å². The molecule has 2 rings (SSSR count). The number of nitrogens with one attached hydrogen (secondary N) is 1. The number of rotatable bonds is 5. The Morgan fingerprint density at radius 3 is 2.21 bits per heavy atom. The van der Waals surface area contributed by atoms with Gasteiger partial charge >= 0.3 is 0 Å². The summed E-state index contributed by atoms with van der Waals surface area (Å²) in [6.45, 7) is 8.47. The summed E-state index contributed by atoms with van der Waals surface area (Å²) in [5.74, 6) is -1.70. The zero-order valence-corrected chi connectivity index (χ0v) is 17.9. The number of nitrogens with two attached hydrogens (primary N) is 1. The minimum absolute atomic E-state index is 0.0514. The van der Waals surface area contributed by atoms with Crippen LogP contribution in [0.1, 0.15) is 50.5 Å². The van der Waals surface area contributed by atoms with Crippen molar-refractivity contribution >= 4 is 38.0 Å². The first-order valence-electron chi connectivity index (χ1n) is 8.33. The van der Waals surface area contributed by atoms with Gasteiger partial charge in [-0.1, -0.05) is 26.8 Å². The summed E-state index contributed by atoms with van der Waals surface area (Å²) in [7, 11) is -4.02. The van der Waals surface area contributed by atoms with Crippen molar-refractivity contribution in [2.24, 2.45) is 5.73 Å². The van der Waals surface area contributed by atoms with E-state index in [0.29, 0.717) is 11.3 Å². The summed E-state index contributed by atoms with van der Waals surface area (Å²) in [5.41, 5.74) is 4.11. The molecule has 152 valence electrons. The highest BCUT2D eigenvalue weighted by molar-refractivity contribution is 7.93. The third-order valence-corrected chi connectivity index (χ3v) is 7.09. The van der Waals surface area contributed by atoms with Crippen LogP contribution in [-0.4, -0.2) is 35.9 Å². The van der Waals surface area contributed by atoms with Crippen molar-refractivity contribution < 1.29 is 23.1 Å². The molecule has 0 unspecified atom stereocenters. The molecule has 2 heterocycles. The van der Waals surface area contributed by atoms with Gasteiger partial charge in [0.2, 0.25) is 9.84 Å². The molecule has 8 nitrogen and oxygen atoms in total. The molecule has 0 aliphatic carbocycles. The van der Waals surface area contributed by atoms with Crippen LogP contribution in [0.25, 0.3) is 0 Å². The van der Waals surface area contributed by atoms with Gasteiger partial charge in [0.1, 0.15) is 14.8 Å². The van der Waals surface area contributed by atoms with Crippen LogP contribution in [0.2, 0.25) is 0 Å². The van der Waals surface area contributed by atoms with Crippen molar-refractivity contribution in [2.45, 2.75) is 54.9 Å². The fourth-order valence-corrected chi connectivity index (χ4v) is 4.77. The van der Waals surface area contributed by atoms with E-state index in [4.69, 9.17) is 5.73 Å². The van der Waals surface area contributed by atoms with Crippen LogP contribution < -0.4 is 11.1 Å². The fourth-order valence-electron chi connectivity index (χ4n) is 2.12. The lowest BCUT2D eigenvalue weighted by Crippen LogP contribution is -2.36. The maximum absolute atomic E-state index is 12.9. The molecular formula is C18H23N3O5S2. The zero-order valence-electron chi connectivity index (χ0n) is 16.2. The fraction of sp³-hybridized carbons (Fsp3) is 0.389. The second kappa shape index (κ2) is 7.26. The van der Waals surface area contributed by atoms with Crippen molar-refractivity contribution in [1.82, 2.24) is 4.98 Å². The highest BCUT2D eigenvalue weighted by atomic mass is 32.2. The number of primary amides is 1. The second-order valence-corrected chi connectivity index (χ2v) is 11.0. The van der Waals surface area contributed by atoms with E-state index >= 15 is 0 Å². The smallest absolute Gasteiger partial charge is 0.256 e. The Bertz CT molecular complexity index is 1010. The molecule has 0 spiro atoms. The number of aliphatic hydroxyl groups is 1. The minimum Gasteiger partial charge on any atom is -0.381 e. The predicted octanol–water partition coefficient (Wildman–Crippen LogP) is 2.08. The Morgan fingerprint density at radius 2 is 1.79 bits per heavy atom. The molecule has 0 atom stereocenters. The SMILES string of the molecule is CC(C)(O)C(=O)Nc1sc(S(=O)(=O)c2ccc(C(C)(C)C)cn2)cc1C(N)=O. The number of sulfone groups is 1. The summed E-state index contributed by atoms with van der Waals surface area (Å²) in [6.07, 6.45) is 1.49. The lowest BCUT2D eigenvalue weighted by molar-refractivity contribution is -0.130. The summed E-state index contributed by atoms with van der Waals surface area (Å²) in [6, 6.07) is 4.18. The van der Waals surface area contributed by atoms with Crippen molar-refractivity contribution in [3.05, 3.63) is 35.5 Å². The predicted molar refractivity (Wildman–Crippen MR) is 106 cm³/mol. The average molecular weight is 426 g/mol. The Kier molecular flexibility index (Phi) is 5.71. The van der Waals surface area contributed by atoms with Gasteiger partial charge in [0.05, 0.1) is 5.56 Å². The van der Waals surface area contributed by atoms with Gasteiger partial charge in [-0.05, 0) is 37.0 Å². The number of carbonyl (C=O) groups excluding carboxylic acids is 2. The molecule has 10 heteroatoms. The molecule has 0 aromatic carbocycles. The number of aromatic nitrogens is 1. The Hall–Kier alpha value is -2.30. The van der Waals surface area contributed by atoms with E-state index in [9.17, 15) is 23.1 Å². The van der Waals surface area contributed by atoms with Gasteiger partial charge in [-0.25, -0.2) is 13.4 Å². The average Bonchev–Trinajstić information content (AvgIpc) is 2.98. The number of anilines is 1. The van der Waals surface area contributed by atoms with E-state index in [1.165, 1.54) is 26.1 Å². The van der Waals surface area contributed by atoms with E-state index in [2.05, 4.69) is 10.3 Å². The van der Waals surface area contributed by atoms with Crippen molar-refractivity contribution in [3.63, 3.8) is 0 Å². The number of pyridine rings is 1. The first kappa shape index (κ1) is 22.0. The minimum atomic E-state index is -4.02. The quantitative estimate of drug-likeness (QED) is 0.670. The van der Waals surface area contributed by atoms with Gasteiger partial charge in [0, 0.05) is 6.20 Å². The van der Waals surface area contributed by atoms with Gasteiger partial charge < -0.3 is 16.2 Å². The first-order valence-corrected chi connectivity index (χ1v) is 10.6. The van der Waals surface area contributed by atoms with Crippen LogP contribution in [-0.2, 0) is 20.0 Å². The van der Waals surface area contributed by atoms with Crippen LogP contribution >= 0.6 is 11.3 Å². The Morgan fingerprint density at radius 1 is 1.18 bits per heavy atom. The second-order valence-electron chi connectivity index (χ2n) is 7.82. The van der Waals surface area contributed by atoms with E-state index in [0.717, 1.165) is 11.6 Å².